The molecule has 2 heterocycles. The number of hydrogen-bond donors (Lipinski definition) is 1. The van der Waals surface area contributed by atoms with E-state index >= 15 is 0 Å². The molecular weight excluding hydrogens is 594 g/mol. The molecule has 0 radical (unpaired) electrons. The Kier molecular flexibility index (Phi) is 7.63. The summed E-state index contributed by atoms with van der Waals surface area (Å²) in [5.74, 6) is -0.213. The van der Waals surface area contributed by atoms with Gasteiger partial charge in [-0.15, -0.1) is 0 Å². The van der Waals surface area contributed by atoms with Gasteiger partial charge in [-0.25, -0.2) is 14.4 Å². The first-order chi connectivity index (χ1) is 21.5. The van der Waals surface area contributed by atoms with Gasteiger partial charge in [0.15, 0.2) is 17.6 Å². The number of esters is 1. The van der Waals surface area contributed by atoms with Crippen LogP contribution in [-0.4, -0.2) is 70.8 Å². The number of nitrogens with zero attached hydrogens (tertiary/aromatic N) is 1. The highest BCUT2D eigenvalue weighted by atomic mass is 16.7. The maximum Gasteiger partial charge on any atom is 0.514 e. The monoisotopic (exact) mass is 635 g/mol. The van der Waals surface area contributed by atoms with Gasteiger partial charge in [0.25, 0.3) is 0 Å². The molecule has 4 aliphatic rings. The normalized spacial score (nSPS) is 26.9. The Hall–Kier alpha value is -4.09. The first-order valence-electron chi connectivity index (χ1n) is 15.6. The molecule has 0 saturated carbocycles. The molecule has 2 aliphatic carbocycles. The zero-order chi connectivity index (χ0) is 33.2. The van der Waals surface area contributed by atoms with Crippen molar-refractivity contribution in [2.45, 2.75) is 101 Å². The zero-order valence-corrected chi connectivity index (χ0v) is 27.2. The molecule has 0 aromatic heterocycles. The topological polar surface area (TPSA) is 130 Å². The summed E-state index contributed by atoms with van der Waals surface area (Å²) >= 11 is 0. The van der Waals surface area contributed by atoms with Gasteiger partial charge in [0, 0.05) is 23.6 Å². The Morgan fingerprint density at radius 1 is 0.957 bits per heavy atom. The minimum absolute atomic E-state index is 0.151. The van der Waals surface area contributed by atoms with E-state index in [0.717, 1.165) is 11.1 Å². The van der Waals surface area contributed by atoms with E-state index in [1.165, 1.54) is 0 Å². The number of ether oxygens (including phenoxy) is 6. The van der Waals surface area contributed by atoms with Crippen molar-refractivity contribution in [2.75, 3.05) is 13.6 Å². The highest BCUT2D eigenvalue weighted by molar-refractivity contribution is 5.80. The van der Waals surface area contributed by atoms with E-state index in [-0.39, 0.29) is 24.0 Å². The summed E-state index contributed by atoms with van der Waals surface area (Å²) in [6.45, 7) is 11.0. The molecule has 1 spiro atoms. The molecule has 1 N–H and O–H groups in total. The van der Waals surface area contributed by atoms with Crippen LogP contribution in [0.5, 0.6) is 11.5 Å². The second kappa shape index (κ2) is 11.0. The second-order valence-electron chi connectivity index (χ2n) is 14.4. The van der Waals surface area contributed by atoms with Crippen LogP contribution in [0.2, 0.25) is 0 Å². The molecule has 5 atom stereocenters. The van der Waals surface area contributed by atoms with E-state index in [1.54, 1.807) is 84.0 Å². The number of aliphatic hydroxyl groups is 1. The molecule has 11 nitrogen and oxygen atoms in total. The van der Waals surface area contributed by atoms with Crippen LogP contribution in [0.1, 0.15) is 77.2 Å². The van der Waals surface area contributed by atoms with Crippen molar-refractivity contribution in [1.82, 2.24) is 4.90 Å². The summed E-state index contributed by atoms with van der Waals surface area (Å²) in [5.41, 5.74) is -1.79. The summed E-state index contributed by atoms with van der Waals surface area (Å²) in [4.78, 5) is 41.5. The predicted molar refractivity (Wildman–Crippen MR) is 164 cm³/mol. The number of rotatable bonds is 5. The Morgan fingerprint density at radius 3 is 2.30 bits per heavy atom. The van der Waals surface area contributed by atoms with E-state index in [2.05, 4.69) is 4.90 Å². The molecule has 1 saturated heterocycles. The third kappa shape index (κ3) is 5.39. The van der Waals surface area contributed by atoms with Crippen LogP contribution >= 0.6 is 0 Å². The smallest absolute Gasteiger partial charge is 0.477 e. The molecule has 6 rings (SSSR count). The predicted octanol–water partition coefficient (Wildman–Crippen LogP) is 5.51. The van der Waals surface area contributed by atoms with Gasteiger partial charge >= 0.3 is 18.3 Å². The van der Waals surface area contributed by atoms with Crippen molar-refractivity contribution in [2.24, 2.45) is 0 Å². The fourth-order valence-electron chi connectivity index (χ4n) is 7.29. The largest absolute Gasteiger partial charge is 0.514 e. The Labute approximate surface area is 268 Å². The lowest BCUT2D eigenvalue weighted by atomic mass is 9.50. The van der Waals surface area contributed by atoms with Crippen molar-refractivity contribution >= 4 is 18.3 Å². The number of carbonyl (C=O) groups excluding carboxylic acids is 3. The number of likely N-dealkylation sites (N-methyl/N-ethyl adjacent to an activating group) is 1. The van der Waals surface area contributed by atoms with Gasteiger partial charge in [-0.05, 0) is 85.7 Å². The Bertz CT molecular complexity index is 1590. The standard InChI is InChI=1S/C35H41NO10/c1-32(2,3)45-30(38)42-22-14-13-21-19-24-35(40)16-15-23(28-34(35,17-18-36(24)7)25(21)27(22)43-28)41-29(37)26(20-11-9-8-10-12-20)44-31(39)46-33(4,5)6/h8-15,24,26,28,40H,16-19H2,1-7H3/t24-,26-,28+,34+,35-/m1/s1. The highest BCUT2D eigenvalue weighted by Gasteiger charge is 2.72. The molecule has 2 aromatic carbocycles. The molecule has 0 unspecified atom stereocenters. The average Bonchev–Trinajstić information content (AvgIpc) is 3.31. The van der Waals surface area contributed by atoms with Crippen molar-refractivity contribution < 1.29 is 47.9 Å². The lowest BCUT2D eigenvalue weighted by Gasteiger charge is -2.61. The fourth-order valence-corrected chi connectivity index (χ4v) is 7.29. The second-order valence-corrected chi connectivity index (χ2v) is 14.4. The summed E-state index contributed by atoms with van der Waals surface area (Å²) in [6.07, 6.45) is -1.37. The molecule has 46 heavy (non-hydrogen) atoms. The van der Waals surface area contributed by atoms with Gasteiger partial charge in [-0.1, -0.05) is 36.4 Å². The Balaban J connectivity index is 1.37. The third-order valence-electron chi connectivity index (χ3n) is 9.06. The van der Waals surface area contributed by atoms with Crippen LogP contribution < -0.4 is 9.47 Å². The number of likely N-dealkylation sites (tertiary alicyclic amines) is 1. The molecule has 11 heteroatoms. The highest BCUT2D eigenvalue weighted by Crippen LogP contribution is 2.65. The van der Waals surface area contributed by atoms with E-state index in [0.29, 0.717) is 30.7 Å². The molecule has 2 aromatic rings. The van der Waals surface area contributed by atoms with E-state index in [4.69, 9.17) is 28.4 Å². The SMILES string of the molecule is CN1CC[C@]23c4c5ccc(OC(=O)OC(C)(C)C)c4O[C@H]2C(OC(=O)[C@H](OC(=O)OC(C)(C)C)c2ccccc2)=CC[C@@]3(O)[C@H]1C5. The summed E-state index contributed by atoms with van der Waals surface area (Å²) in [6, 6.07) is 11.9. The van der Waals surface area contributed by atoms with Crippen LogP contribution in [0.3, 0.4) is 0 Å². The number of carbonyl (C=O) groups is 3. The number of hydrogen-bond acceptors (Lipinski definition) is 11. The maximum absolute atomic E-state index is 13.9. The van der Waals surface area contributed by atoms with Crippen LogP contribution in [0, 0.1) is 0 Å². The van der Waals surface area contributed by atoms with E-state index < -0.39 is 52.7 Å². The molecule has 2 bridgehead atoms. The molecule has 1 fully saturated rings. The maximum atomic E-state index is 13.9. The van der Waals surface area contributed by atoms with Crippen LogP contribution in [0.4, 0.5) is 9.59 Å². The molecular formula is C35H41NO10. The summed E-state index contributed by atoms with van der Waals surface area (Å²) < 4.78 is 34.6. The van der Waals surface area contributed by atoms with Crippen molar-refractivity contribution in [1.29, 1.82) is 0 Å². The van der Waals surface area contributed by atoms with Gasteiger partial charge < -0.3 is 38.4 Å². The van der Waals surface area contributed by atoms with E-state index in [1.807, 2.05) is 13.1 Å². The van der Waals surface area contributed by atoms with Crippen LogP contribution in [0.25, 0.3) is 0 Å². The molecule has 0 amide bonds. The summed E-state index contributed by atoms with van der Waals surface area (Å²) in [5, 5.41) is 12.5. The van der Waals surface area contributed by atoms with E-state index in [9.17, 15) is 19.5 Å². The number of benzene rings is 2. The molecule has 246 valence electrons. The lowest BCUT2D eigenvalue weighted by Crippen LogP contribution is -2.74. The minimum Gasteiger partial charge on any atom is -0.477 e. The zero-order valence-electron chi connectivity index (χ0n) is 27.2. The van der Waals surface area contributed by atoms with Gasteiger partial charge in [0.05, 0.1) is 11.0 Å². The van der Waals surface area contributed by atoms with Gasteiger partial charge in [0.1, 0.15) is 17.0 Å². The summed E-state index contributed by atoms with van der Waals surface area (Å²) in [7, 11) is 1.99. The van der Waals surface area contributed by atoms with Crippen molar-refractivity contribution in [3.8, 4) is 11.5 Å². The van der Waals surface area contributed by atoms with Gasteiger partial charge in [-0.3, -0.25) is 0 Å². The van der Waals surface area contributed by atoms with Gasteiger partial charge in [0.2, 0.25) is 6.10 Å². The average molecular weight is 636 g/mol. The quantitative estimate of drug-likeness (QED) is 0.253. The van der Waals surface area contributed by atoms with Crippen LogP contribution in [-0.2, 0) is 35.6 Å². The third-order valence-corrected chi connectivity index (χ3v) is 9.06. The fraction of sp³-hybridized carbons (Fsp3) is 0.514. The lowest BCUT2D eigenvalue weighted by molar-refractivity contribution is -0.173. The van der Waals surface area contributed by atoms with Crippen molar-refractivity contribution in [3.63, 3.8) is 0 Å². The van der Waals surface area contributed by atoms with Crippen molar-refractivity contribution in [3.05, 3.63) is 71.0 Å². The number of piperidine rings is 1. The first kappa shape index (κ1) is 31.9. The molecule has 2 aliphatic heterocycles. The minimum atomic E-state index is -1.43. The van der Waals surface area contributed by atoms with Crippen LogP contribution in [0.15, 0.2) is 54.3 Å². The Morgan fingerprint density at radius 2 is 1.63 bits per heavy atom. The first-order valence-corrected chi connectivity index (χ1v) is 15.6. The van der Waals surface area contributed by atoms with Gasteiger partial charge in [-0.2, -0.15) is 0 Å².